The van der Waals surface area contributed by atoms with Crippen LogP contribution < -0.4 is 0 Å². The molecule has 15 heavy (non-hydrogen) atoms. The summed E-state index contributed by atoms with van der Waals surface area (Å²) in [5.74, 6) is 0.465. The number of rotatable bonds is 2. The fraction of sp³-hybridized carbons (Fsp3) is 0.357. The van der Waals surface area contributed by atoms with E-state index in [0.29, 0.717) is 5.78 Å². The van der Waals surface area contributed by atoms with Crippen LogP contribution in [0.15, 0.2) is 30.4 Å². The Labute approximate surface area is 90.8 Å². The average Bonchev–Trinajstić information content (AvgIpc) is 2.41. The summed E-state index contributed by atoms with van der Waals surface area (Å²) in [4.78, 5) is 11.7. The van der Waals surface area contributed by atoms with E-state index in [-0.39, 0.29) is 5.92 Å². The first-order valence-electron chi connectivity index (χ1n) is 5.38. The molecule has 1 aromatic rings. The number of fused-ring (bicyclic) bond motifs is 1. The van der Waals surface area contributed by atoms with Crippen molar-refractivity contribution in [2.75, 3.05) is 0 Å². The standard InChI is InChI=1S/C14H16O/c1-9(2)6-11-4-5-13-12(8-11)7-10(3)14(13)15/h4-5,8,10H,1,6-7H2,2-3H3. The third kappa shape index (κ3) is 1.87. The van der Waals surface area contributed by atoms with Crippen molar-refractivity contribution >= 4 is 5.78 Å². The van der Waals surface area contributed by atoms with Crippen molar-refractivity contribution in [2.45, 2.75) is 26.7 Å². The van der Waals surface area contributed by atoms with Crippen LogP contribution in [0.4, 0.5) is 0 Å². The minimum Gasteiger partial charge on any atom is -0.294 e. The Morgan fingerprint density at radius 1 is 1.53 bits per heavy atom. The second kappa shape index (κ2) is 3.65. The third-order valence-corrected chi connectivity index (χ3v) is 2.91. The lowest BCUT2D eigenvalue weighted by atomic mass is 10.0. The molecule has 1 aromatic carbocycles. The van der Waals surface area contributed by atoms with Gasteiger partial charge in [0.1, 0.15) is 0 Å². The molecule has 0 heterocycles. The predicted octanol–water partition coefficient (Wildman–Crippen LogP) is 3.18. The van der Waals surface area contributed by atoms with Gasteiger partial charge in [-0.3, -0.25) is 4.79 Å². The molecule has 78 valence electrons. The van der Waals surface area contributed by atoms with Gasteiger partial charge in [-0.25, -0.2) is 0 Å². The zero-order chi connectivity index (χ0) is 11.0. The molecule has 1 aliphatic carbocycles. The van der Waals surface area contributed by atoms with Gasteiger partial charge in [0.05, 0.1) is 0 Å². The molecule has 1 heteroatoms. The number of ketones is 1. The normalized spacial score (nSPS) is 19.1. The van der Waals surface area contributed by atoms with Crippen LogP contribution in [0.2, 0.25) is 0 Å². The molecule has 0 saturated heterocycles. The van der Waals surface area contributed by atoms with Gasteiger partial charge in [0.2, 0.25) is 0 Å². The number of Topliss-reactive ketones (excluding diaryl/α,β-unsaturated/α-hetero) is 1. The molecule has 1 nitrogen and oxygen atoms in total. The molecule has 0 spiro atoms. The highest BCUT2D eigenvalue weighted by atomic mass is 16.1. The van der Waals surface area contributed by atoms with Crippen LogP contribution in [-0.4, -0.2) is 5.78 Å². The molecule has 0 saturated carbocycles. The molecule has 0 fully saturated rings. The van der Waals surface area contributed by atoms with Gasteiger partial charge >= 0.3 is 0 Å². The van der Waals surface area contributed by atoms with Crippen molar-refractivity contribution < 1.29 is 4.79 Å². The molecule has 2 rings (SSSR count). The molecule has 1 unspecified atom stereocenters. The Hall–Kier alpha value is -1.37. The van der Waals surface area contributed by atoms with Crippen LogP contribution in [-0.2, 0) is 12.8 Å². The Kier molecular flexibility index (Phi) is 2.47. The summed E-state index contributed by atoms with van der Waals surface area (Å²) in [5, 5.41) is 0. The zero-order valence-electron chi connectivity index (χ0n) is 9.34. The molecule has 0 aliphatic heterocycles. The molecule has 1 atom stereocenters. The lowest BCUT2D eigenvalue weighted by Gasteiger charge is -2.03. The van der Waals surface area contributed by atoms with Crippen LogP contribution in [0, 0.1) is 5.92 Å². The Morgan fingerprint density at radius 3 is 2.93 bits per heavy atom. The Balaban J connectivity index is 2.33. The van der Waals surface area contributed by atoms with Gasteiger partial charge in [0.15, 0.2) is 5.78 Å². The maximum absolute atomic E-state index is 11.7. The van der Waals surface area contributed by atoms with Gasteiger partial charge in [-0.15, -0.1) is 0 Å². The summed E-state index contributed by atoms with van der Waals surface area (Å²) < 4.78 is 0. The number of carbonyl (C=O) groups excluding carboxylic acids is 1. The molecule has 0 amide bonds. The van der Waals surface area contributed by atoms with E-state index < -0.39 is 0 Å². The first-order chi connectivity index (χ1) is 7.08. The monoisotopic (exact) mass is 200 g/mol. The van der Waals surface area contributed by atoms with Crippen molar-refractivity contribution in [2.24, 2.45) is 5.92 Å². The van der Waals surface area contributed by atoms with Gasteiger partial charge < -0.3 is 0 Å². The minimum atomic E-state index is 0.167. The summed E-state index contributed by atoms with van der Waals surface area (Å²) in [6.45, 7) is 7.94. The highest BCUT2D eigenvalue weighted by molar-refractivity contribution is 6.02. The van der Waals surface area contributed by atoms with E-state index in [0.717, 1.165) is 24.0 Å². The van der Waals surface area contributed by atoms with Crippen LogP contribution in [0.1, 0.15) is 35.3 Å². The van der Waals surface area contributed by atoms with E-state index in [1.165, 1.54) is 11.1 Å². The van der Waals surface area contributed by atoms with Crippen molar-refractivity contribution in [1.29, 1.82) is 0 Å². The van der Waals surface area contributed by atoms with Gasteiger partial charge in [-0.1, -0.05) is 37.3 Å². The predicted molar refractivity (Wildman–Crippen MR) is 62.2 cm³/mol. The van der Waals surface area contributed by atoms with Crippen LogP contribution in [0.25, 0.3) is 0 Å². The second-order valence-corrected chi connectivity index (χ2v) is 4.59. The van der Waals surface area contributed by atoms with Gasteiger partial charge in [-0.05, 0) is 30.9 Å². The lowest BCUT2D eigenvalue weighted by Crippen LogP contribution is -2.02. The van der Waals surface area contributed by atoms with Crippen molar-refractivity contribution in [1.82, 2.24) is 0 Å². The first-order valence-corrected chi connectivity index (χ1v) is 5.38. The van der Waals surface area contributed by atoms with Crippen molar-refractivity contribution in [3.8, 4) is 0 Å². The third-order valence-electron chi connectivity index (χ3n) is 2.91. The highest BCUT2D eigenvalue weighted by Gasteiger charge is 2.26. The molecular formula is C14H16O. The van der Waals surface area contributed by atoms with E-state index in [2.05, 4.69) is 12.6 Å². The average molecular weight is 200 g/mol. The smallest absolute Gasteiger partial charge is 0.166 e. The topological polar surface area (TPSA) is 17.1 Å². The highest BCUT2D eigenvalue weighted by Crippen LogP contribution is 2.27. The number of hydrogen-bond donors (Lipinski definition) is 0. The summed E-state index contributed by atoms with van der Waals surface area (Å²) in [7, 11) is 0. The van der Waals surface area contributed by atoms with E-state index >= 15 is 0 Å². The summed E-state index contributed by atoms with van der Waals surface area (Å²) in [6, 6.07) is 6.17. The van der Waals surface area contributed by atoms with Crippen LogP contribution >= 0.6 is 0 Å². The number of benzene rings is 1. The van der Waals surface area contributed by atoms with Crippen LogP contribution in [0.5, 0.6) is 0 Å². The SMILES string of the molecule is C=C(C)Cc1ccc2c(c1)CC(C)C2=O. The molecule has 0 aromatic heterocycles. The quantitative estimate of drug-likeness (QED) is 0.670. The number of allylic oxidation sites excluding steroid dienone is 1. The summed E-state index contributed by atoms with van der Waals surface area (Å²) in [5.41, 5.74) is 4.56. The van der Waals surface area contributed by atoms with Crippen LogP contribution in [0.3, 0.4) is 0 Å². The fourth-order valence-corrected chi connectivity index (χ4v) is 2.20. The van der Waals surface area contributed by atoms with E-state index in [9.17, 15) is 4.79 Å². The number of hydrogen-bond acceptors (Lipinski definition) is 1. The molecule has 0 radical (unpaired) electrons. The Morgan fingerprint density at radius 2 is 2.27 bits per heavy atom. The van der Waals surface area contributed by atoms with Gasteiger partial charge in [0.25, 0.3) is 0 Å². The fourth-order valence-electron chi connectivity index (χ4n) is 2.20. The van der Waals surface area contributed by atoms with Gasteiger partial charge in [-0.2, -0.15) is 0 Å². The largest absolute Gasteiger partial charge is 0.294 e. The second-order valence-electron chi connectivity index (χ2n) is 4.59. The number of carbonyl (C=O) groups is 1. The zero-order valence-corrected chi connectivity index (χ0v) is 9.34. The summed E-state index contributed by atoms with van der Waals surface area (Å²) >= 11 is 0. The van der Waals surface area contributed by atoms with Crippen molar-refractivity contribution in [3.63, 3.8) is 0 Å². The van der Waals surface area contributed by atoms with E-state index in [1.807, 2.05) is 26.0 Å². The van der Waals surface area contributed by atoms with E-state index in [1.54, 1.807) is 0 Å². The van der Waals surface area contributed by atoms with E-state index in [4.69, 9.17) is 0 Å². The Bertz CT molecular complexity index is 429. The maximum atomic E-state index is 11.7. The van der Waals surface area contributed by atoms with Crippen molar-refractivity contribution in [3.05, 3.63) is 47.0 Å². The summed E-state index contributed by atoms with van der Waals surface area (Å²) in [6.07, 6.45) is 1.81. The first kappa shape index (κ1) is 10.2. The molecule has 0 N–H and O–H groups in total. The molecule has 1 aliphatic rings. The van der Waals surface area contributed by atoms with Gasteiger partial charge in [0, 0.05) is 11.5 Å². The lowest BCUT2D eigenvalue weighted by molar-refractivity contribution is 0.0946. The maximum Gasteiger partial charge on any atom is 0.166 e. The minimum absolute atomic E-state index is 0.167. The molecule has 0 bridgehead atoms. The molecular weight excluding hydrogens is 184 g/mol.